The Morgan fingerprint density at radius 3 is 2.68 bits per heavy atom. The molecule has 5 N–H and O–H groups in total. The Balaban J connectivity index is 1.69. The van der Waals surface area contributed by atoms with Crippen LogP contribution in [0.5, 0.6) is 0 Å². The van der Waals surface area contributed by atoms with Crippen molar-refractivity contribution in [2.45, 2.75) is 31.9 Å². The molecule has 0 bridgehead atoms. The highest BCUT2D eigenvalue weighted by Gasteiger charge is 2.28. The van der Waals surface area contributed by atoms with Crippen molar-refractivity contribution in [2.75, 3.05) is 12.8 Å². The smallest absolute Gasteiger partial charge is 0.112 e. The summed E-state index contributed by atoms with van der Waals surface area (Å²) in [5.74, 6) is 0. The minimum Gasteiger partial charge on any atom is -0.399 e. The molecule has 0 saturated carbocycles. The van der Waals surface area contributed by atoms with Gasteiger partial charge in [0.25, 0.3) is 0 Å². The highest BCUT2D eigenvalue weighted by Crippen LogP contribution is 2.17. The van der Waals surface area contributed by atoms with Gasteiger partial charge in [0.2, 0.25) is 0 Å². The molecule has 1 fully saturated rings. The Kier molecular flexibility index (Phi) is 5.65. The molecule has 0 amide bonds. The van der Waals surface area contributed by atoms with Crippen LogP contribution in [0.1, 0.15) is 30.6 Å². The van der Waals surface area contributed by atoms with E-state index in [-0.39, 0.29) is 18.6 Å². The molecule has 2 aromatic rings. The average Bonchev–Trinajstić information content (AvgIpc) is 2.66. The molecule has 2 aromatic carbocycles. The van der Waals surface area contributed by atoms with Crippen LogP contribution in [0.15, 0.2) is 59.7 Å². The minimum absolute atomic E-state index is 0.000255. The number of anilines is 1. The maximum absolute atomic E-state index is 5.84. The lowest BCUT2D eigenvalue weighted by Crippen LogP contribution is -2.57. The van der Waals surface area contributed by atoms with Gasteiger partial charge in [0, 0.05) is 19.2 Å². The number of hydrogen-bond donors (Lipinski definition) is 4. The van der Waals surface area contributed by atoms with Crippen LogP contribution in [0.2, 0.25) is 0 Å². The lowest BCUT2D eigenvalue weighted by Gasteiger charge is -2.36. The number of nitrogens with zero attached hydrogens (tertiary/aromatic N) is 1. The molecule has 132 valence electrons. The molecule has 1 aliphatic rings. The summed E-state index contributed by atoms with van der Waals surface area (Å²) in [6.07, 6.45) is 0.701. The largest absolute Gasteiger partial charge is 0.399 e. The van der Waals surface area contributed by atoms with E-state index in [1.54, 1.807) is 7.11 Å². The first-order chi connectivity index (χ1) is 12.2. The molecule has 1 aliphatic heterocycles. The van der Waals surface area contributed by atoms with Crippen LogP contribution >= 0.6 is 0 Å². The summed E-state index contributed by atoms with van der Waals surface area (Å²) in [5, 5.41) is 11.5. The molecular formula is C19H25N5O. The van der Waals surface area contributed by atoms with Gasteiger partial charge in [-0.1, -0.05) is 42.5 Å². The summed E-state index contributed by atoms with van der Waals surface area (Å²) in [5.41, 5.74) is 12.8. The minimum atomic E-state index is -0.0492. The topological polar surface area (TPSA) is 83.7 Å². The van der Waals surface area contributed by atoms with E-state index in [0.29, 0.717) is 0 Å². The fourth-order valence-corrected chi connectivity index (χ4v) is 2.88. The predicted molar refractivity (Wildman–Crippen MR) is 101 cm³/mol. The van der Waals surface area contributed by atoms with Gasteiger partial charge < -0.3 is 10.5 Å². The molecule has 3 unspecified atom stereocenters. The number of ether oxygens (including phenoxy) is 1. The van der Waals surface area contributed by atoms with Gasteiger partial charge in [0.15, 0.2) is 0 Å². The first kappa shape index (κ1) is 17.4. The van der Waals surface area contributed by atoms with Gasteiger partial charge in [-0.25, -0.2) is 0 Å². The molecule has 0 radical (unpaired) electrons. The number of nitrogens with two attached hydrogens (primary N) is 1. The monoisotopic (exact) mass is 339 g/mol. The summed E-state index contributed by atoms with van der Waals surface area (Å²) in [6.45, 7) is 1.96. The molecule has 1 saturated heterocycles. The molecule has 25 heavy (non-hydrogen) atoms. The van der Waals surface area contributed by atoms with Crippen molar-refractivity contribution >= 4 is 11.4 Å². The third-order valence-corrected chi connectivity index (χ3v) is 4.28. The van der Waals surface area contributed by atoms with E-state index in [1.807, 2.05) is 49.4 Å². The summed E-state index contributed by atoms with van der Waals surface area (Å²) in [6, 6.07) is 17.9. The number of methoxy groups -OCH3 is 1. The van der Waals surface area contributed by atoms with Gasteiger partial charge in [-0.3, -0.25) is 16.1 Å². The van der Waals surface area contributed by atoms with Crippen molar-refractivity contribution in [3.63, 3.8) is 0 Å². The molecule has 0 aromatic heterocycles. The van der Waals surface area contributed by atoms with Gasteiger partial charge in [-0.05, 0) is 30.2 Å². The Morgan fingerprint density at radius 1 is 1.16 bits per heavy atom. The molecule has 0 spiro atoms. The Labute approximate surface area is 148 Å². The summed E-state index contributed by atoms with van der Waals surface area (Å²) in [7, 11) is 1.71. The standard InChI is InChI=1S/C19H25N5O/c1-13(15-9-6-10-16(20)11-15)23-24-17-12-18(25-2)22-19(21-17)14-7-4-3-5-8-14/h3-11,17-19,21-22,24H,12,20H2,1-2H3/b23-13+. The number of nitrogens with one attached hydrogen (secondary N) is 3. The number of hydrazone groups is 1. The predicted octanol–water partition coefficient (Wildman–Crippen LogP) is 2.16. The highest BCUT2D eigenvalue weighted by molar-refractivity contribution is 5.99. The fourth-order valence-electron chi connectivity index (χ4n) is 2.88. The average molecular weight is 339 g/mol. The van der Waals surface area contributed by atoms with Crippen LogP contribution in [0.25, 0.3) is 0 Å². The van der Waals surface area contributed by atoms with Crippen molar-refractivity contribution < 1.29 is 4.74 Å². The van der Waals surface area contributed by atoms with Crippen LogP contribution in [0.4, 0.5) is 5.69 Å². The van der Waals surface area contributed by atoms with E-state index in [9.17, 15) is 0 Å². The van der Waals surface area contributed by atoms with Gasteiger partial charge in [0.1, 0.15) is 6.23 Å². The van der Waals surface area contributed by atoms with E-state index in [4.69, 9.17) is 10.5 Å². The van der Waals surface area contributed by atoms with Crippen molar-refractivity contribution in [1.29, 1.82) is 0 Å². The molecule has 6 nitrogen and oxygen atoms in total. The SMILES string of the molecule is COC1CC(N/N=C(\C)c2cccc(N)c2)NC(c2ccccc2)N1. The second-order valence-corrected chi connectivity index (χ2v) is 6.14. The molecular weight excluding hydrogens is 314 g/mol. The summed E-state index contributed by atoms with van der Waals surface area (Å²) < 4.78 is 5.52. The second kappa shape index (κ2) is 8.11. The van der Waals surface area contributed by atoms with Gasteiger partial charge in [-0.15, -0.1) is 0 Å². The first-order valence-corrected chi connectivity index (χ1v) is 8.41. The molecule has 0 aliphatic carbocycles. The zero-order valence-electron chi connectivity index (χ0n) is 14.6. The lowest BCUT2D eigenvalue weighted by atomic mass is 10.1. The number of rotatable bonds is 5. The quantitative estimate of drug-likeness (QED) is 0.381. The Hall–Kier alpha value is -2.41. The molecule has 1 heterocycles. The van der Waals surface area contributed by atoms with Crippen LogP contribution in [0.3, 0.4) is 0 Å². The summed E-state index contributed by atoms with van der Waals surface area (Å²) >= 11 is 0. The molecule has 6 heteroatoms. The third kappa shape index (κ3) is 4.57. The number of hydrogen-bond acceptors (Lipinski definition) is 6. The molecule has 3 atom stereocenters. The molecule has 3 rings (SSSR count). The van der Waals surface area contributed by atoms with Crippen molar-refractivity contribution in [3.05, 3.63) is 65.7 Å². The van der Waals surface area contributed by atoms with E-state index in [1.165, 1.54) is 0 Å². The Morgan fingerprint density at radius 2 is 1.96 bits per heavy atom. The van der Waals surface area contributed by atoms with Crippen LogP contribution in [0, 0.1) is 0 Å². The number of nitrogen functional groups attached to an aromatic ring is 1. The van der Waals surface area contributed by atoms with E-state index in [2.05, 4.69) is 33.3 Å². The zero-order valence-corrected chi connectivity index (χ0v) is 14.6. The highest BCUT2D eigenvalue weighted by atomic mass is 16.5. The van der Waals surface area contributed by atoms with E-state index >= 15 is 0 Å². The zero-order chi connectivity index (χ0) is 17.6. The van der Waals surface area contributed by atoms with E-state index in [0.717, 1.165) is 28.9 Å². The maximum Gasteiger partial charge on any atom is 0.112 e. The fraction of sp³-hybridized carbons (Fsp3) is 0.316. The summed E-state index contributed by atoms with van der Waals surface area (Å²) in [4.78, 5) is 0. The van der Waals surface area contributed by atoms with Crippen molar-refractivity contribution in [2.24, 2.45) is 5.10 Å². The number of benzene rings is 2. The van der Waals surface area contributed by atoms with E-state index < -0.39 is 0 Å². The van der Waals surface area contributed by atoms with Crippen LogP contribution < -0.4 is 21.8 Å². The van der Waals surface area contributed by atoms with Gasteiger partial charge >= 0.3 is 0 Å². The second-order valence-electron chi connectivity index (χ2n) is 6.14. The maximum atomic E-state index is 5.84. The van der Waals surface area contributed by atoms with Crippen molar-refractivity contribution in [1.82, 2.24) is 16.1 Å². The normalized spacial score (nSPS) is 24.1. The van der Waals surface area contributed by atoms with Crippen molar-refractivity contribution in [3.8, 4) is 0 Å². The van der Waals surface area contributed by atoms with Crippen LogP contribution in [-0.4, -0.2) is 25.2 Å². The first-order valence-electron chi connectivity index (χ1n) is 8.41. The lowest BCUT2D eigenvalue weighted by molar-refractivity contribution is 0.0121. The Bertz CT molecular complexity index is 719. The van der Waals surface area contributed by atoms with Gasteiger partial charge in [-0.2, -0.15) is 5.10 Å². The third-order valence-electron chi connectivity index (χ3n) is 4.28. The van der Waals surface area contributed by atoms with Gasteiger partial charge in [0.05, 0.1) is 18.0 Å². The van der Waals surface area contributed by atoms with Crippen LogP contribution in [-0.2, 0) is 4.74 Å².